The molecule has 0 spiro atoms. The maximum atomic E-state index is 11.9. The summed E-state index contributed by atoms with van der Waals surface area (Å²) < 4.78 is 11.4. The van der Waals surface area contributed by atoms with Gasteiger partial charge in [-0.2, -0.15) is 0 Å². The molecule has 2 atom stereocenters. The molecule has 1 saturated heterocycles. The lowest BCUT2D eigenvalue weighted by atomic mass is 10.1. The van der Waals surface area contributed by atoms with Crippen LogP contribution in [0, 0.1) is 0 Å². The number of ether oxygens (including phenoxy) is 2. The number of amides is 1. The number of hydrogen-bond donors (Lipinski definition) is 2. The van der Waals surface area contributed by atoms with Gasteiger partial charge in [0.05, 0.1) is 6.54 Å². The van der Waals surface area contributed by atoms with E-state index >= 15 is 0 Å². The van der Waals surface area contributed by atoms with Gasteiger partial charge in [-0.15, -0.1) is 0 Å². The molecule has 2 aliphatic heterocycles. The minimum absolute atomic E-state index is 0.0890. The summed E-state index contributed by atoms with van der Waals surface area (Å²) in [7, 11) is 0. The Bertz CT molecular complexity index is 486. The molecule has 1 aromatic carbocycles. The fourth-order valence-corrected chi connectivity index (χ4v) is 2.79. The first-order valence-corrected chi connectivity index (χ1v) is 7.70. The topological polar surface area (TPSA) is 59.6 Å². The van der Waals surface area contributed by atoms with E-state index in [0.717, 1.165) is 24.5 Å². The summed E-state index contributed by atoms with van der Waals surface area (Å²) in [5.41, 5.74) is 0. The number of benzene rings is 1. The average molecular weight is 290 g/mol. The van der Waals surface area contributed by atoms with Gasteiger partial charge >= 0.3 is 0 Å². The Morgan fingerprint density at radius 1 is 1.33 bits per heavy atom. The maximum Gasteiger partial charge on any atom is 0.220 e. The molecule has 5 heteroatoms. The highest BCUT2D eigenvalue weighted by atomic mass is 16.6. The molecule has 1 amide bonds. The smallest absolute Gasteiger partial charge is 0.220 e. The van der Waals surface area contributed by atoms with Gasteiger partial charge in [-0.25, -0.2) is 0 Å². The van der Waals surface area contributed by atoms with Gasteiger partial charge in [-0.1, -0.05) is 12.1 Å². The minimum Gasteiger partial charge on any atom is -0.486 e. The second-order valence-corrected chi connectivity index (χ2v) is 5.63. The van der Waals surface area contributed by atoms with Crippen LogP contribution in [0.1, 0.15) is 25.7 Å². The molecule has 0 saturated carbocycles. The summed E-state index contributed by atoms with van der Waals surface area (Å²) in [6, 6.07) is 8.12. The molecule has 5 nitrogen and oxygen atoms in total. The predicted octanol–water partition coefficient (Wildman–Crippen LogP) is 1.47. The Hall–Kier alpha value is -1.75. The van der Waals surface area contributed by atoms with Crippen LogP contribution in [0.3, 0.4) is 0 Å². The van der Waals surface area contributed by atoms with Crippen molar-refractivity contribution < 1.29 is 14.3 Å². The first-order chi connectivity index (χ1) is 10.3. The molecular weight excluding hydrogens is 268 g/mol. The number of para-hydroxylation sites is 2. The molecule has 114 valence electrons. The van der Waals surface area contributed by atoms with Gasteiger partial charge in [0, 0.05) is 12.5 Å². The monoisotopic (exact) mass is 290 g/mol. The van der Waals surface area contributed by atoms with Crippen LogP contribution in [0.4, 0.5) is 0 Å². The Morgan fingerprint density at radius 2 is 2.19 bits per heavy atom. The molecule has 1 aromatic rings. The number of hydrogen-bond acceptors (Lipinski definition) is 4. The highest BCUT2D eigenvalue weighted by molar-refractivity contribution is 5.75. The van der Waals surface area contributed by atoms with Crippen LogP contribution >= 0.6 is 0 Å². The van der Waals surface area contributed by atoms with Crippen molar-refractivity contribution in [2.75, 3.05) is 19.7 Å². The van der Waals surface area contributed by atoms with Gasteiger partial charge in [0.1, 0.15) is 12.7 Å². The largest absolute Gasteiger partial charge is 0.486 e. The highest BCUT2D eigenvalue weighted by Crippen LogP contribution is 2.30. The van der Waals surface area contributed by atoms with E-state index in [4.69, 9.17) is 9.47 Å². The normalized spacial score (nSPS) is 23.8. The molecule has 0 aliphatic carbocycles. The fourth-order valence-electron chi connectivity index (χ4n) is 2.79. The molecule has 3 rings (SSSR count). The number of rotatable bonds is 5. The van der Waals surface area contributed by atoms with Crippen LogP contribution in [0.25, 0.3) is 0 Å². The lowest BCUT2D eigenvalue weighted by Gasteiger charge is -2.26. The summed E-state index contributed by atoms with van der Waals surface area (Å²) in [4.78, 5) is 11.9. The van der Waals surface area contributed by atoms with Crippen molar-refractivity contribution in [3.8, 4) is 11.5 Å². The van der Waals surface area contributed by atoms with Crippen LogP contribution in [0.15, 0.2) is 24.3 Å². The minimum atomic E-state index is -0.117. The molecule has 2 N–H and O–H groups in total. The van der Waals surface area contributed by atoms with Gasteiger partial charge in [-0.05, 0) is 37.9 Å². The van der Waals surface area contributed by atoms with E-state index in [2.05, 4.69) is 10.6 Å². The molecule has 1 fully saturated rings. The predicted molar refractivity (Wildman–Crippen MR) is 79.6 cm³/mol. The number of carbonyl (C=O) groups excluding carboxylic acids is 1. The van der Waals surface area contributed by atoms with E-state index in [0.29, 0.717) is 25.6 Å². The first kappa shape index (κ1) is 14.2. The van der Waals surface area contributed by atoms with Gasteiger partial charge in [0.15, 0.2) is 11.5 Å². The van der Waals surface area contributed by atoms with E-state index in [-0.39, 0.29) is 12.0 Å². The second kappa shape index (κ2) is 6.80. The van der Waals surface area contributed by atoms with Crippen molar-refractivity contribution in [1.29, 1.82) is 0 Å². The Kier molecular flexibility index (Phi) is 4.60. The lowest BCUT2D eigenvalue weighted by Crippen LogP contribution is -2.41. The van der Waals surface area contributed by atoms with Gasteiger partial charge in [-0.3, -0.25) is 4.79 Å². The summed E-state index contributed by atoms with van der Waals surface area (Å²) in [5.74, 6) is 1.61. The van der Waals surface area contributed by atoms with E-state index in [9.17, 15) is 4.79 Å². The molecule has 0 bridgehead atoms. The van der Waals surface area contributed by atoms with E-state index < -0.39 is 0 Å². The van der Waals surface area contributed by atoms with E-state index in [1.54, 1.807) is 0 Å². The standard InChI is InChI=1S/C16H22N2O3/c19-16(8-7-12-4-3-9-17-12)18-10-13-11-20-14-5-1-2-6-15(14)21-13/h1-2,5-6,12-13,17H,3-4,7-11H2,(H,18,19). The number of nitrogens with one attached hydrogen (secondary N) is 2. The molecule has 2 unspecified atom stereocenters. The Balaban J connectivity index is 1.38. The molecule has 2 heterocycles. The van der Waals surface area contributed by atoms with Crippen molar-refractivity contribution in [3.05, 3.63) is 24.3 Å². The van der Waals surface area contributed by atoms with Crippen molar-refractivity contribution in [2.24, 2.45) is 0 Å². The highest BCUT2D eigenvalue weighted by Gasteiger charge is 2.21. The number of fused-ring (bicyclic) bond motifs is 1. The molecule has 0 aromatic heterocycles. The van der Waals surface area contributed by atoms with Crippen LogP contribution in [-0.4, -0.2) is 37.7 Å². The second-order valence-electron chi connectivity index (χ2n) is 5.63. The van der Waals surface area contributed by atoms with Crippen LogP contribution < -0.4 is 20.1 Å². The summed E-state index contributed by atoms with van der Waals surface area (Å²) >= 11 is 0. The van der Waals surface area contributed by atoms with Crippen molar-refractivity contribution >= 4 is 5.91 Å². The van der Waals surface area contributed by atoms with Gasteiger partial charge in [0.2, 0.25) is 5.91 Å². The Labute approximate surface area is 125 Å². The zero-order valence-electron chi connectivity index (χ0n) is 12.1. The third-order valence-electron chi connectivity index (χ3n) is 3.98. The van der Waals surface area contributed by atoms with Crippen LogP contribution in [0.5, 0.6) is 11.5 Å². The summed E-state index contributed by atoms with van der Waals surface area (Å²) in [6.45, 7) is 2.05. The van der Waals surface area contributed by atoms with Crippen molar-refractivity contribution in [3.63, 3.8) is 0 Å². The molecular formula is C16H22N2O3. The zero-order valence-corrected chi connectivity index (χ0v) is 12.1. The fraction of sp³-hybridized carbons (Fsp3) is 0.562. The van der Waals surface area contributed by atoms with Gasteiger partial charge in [0.25, 0.3) is 0 Å². The van der Waals surface area contributed by atoms with Crippen molar-refractivity contribution in [1.82, 2.24) is 10.6 Å². The third kappa shape index (κ3) is 3.88. The first-order valence-electron chi connectivity index (χ1n) is 7.70. The molecule has 2 aliphatic rings. The van der Waals surface area contributed by atoms with E-state index in [1.807, 2.05) is 24.3 Å². The lowest BCUT2D eigenvalue weighted by molar-refractivity contribution is -0.121. The molecule has 0 radical (unpaired) electrons. The average Bonchev–Trinajstić information content (AvgIpc) is 3.04. The van der Waals surface area contributed by atoms with Gasteiger partial charge < -0.3 is 20.1 Å². The van der Waals surface area contributed by atoms with Crippen LogP contribution in [0.2, 0.25) is 0 Å². The quantitative estimate of drug-likeness (QED) is 0.862. The Morgan fingerprint density at radius 3 is 3.00 bits per heavy atom. The summed E-state index contributed by atoms with van der Waals surface area (Å²) in [5, 5.41) is 6.34. The van der Waals surface area contributed by atoms with Crippen LogP contribution in [-0.2, 0) is 4.79 Å². The van der Waals surface area contributed by atoms with E-state index in [1.165, 1.54) is 12.8 Å². The SMILES string of the molecule is O=C(CCC1CCCN1)NCC1COc2ccccc2O1. The number of carbonyl (C=O) groups is 1. The maximum absolute atomic E-state index is 11.9. The summed E-state index contributed by atoms with van der Waals surface area (Å²) in [6.07, 6.45) is 3.77. The third-order valence-corrected chi connectivity index (χ3v) is 3.98. The zero-order chi connectivity index (χ0) is 14.5. The molecule has 21 heavy (non-hydrogen) atoms. The van der Waals surface area contributed by atoms with Crippen molar-refractivity contribution in [2.45, 2.75) is 37.8 Å².